The van der Waals surface area contributed by atoms with E-state index in [0.717, 1.165) is 36.5 Å². The Balaban J connectivity index is 1.68. The normalized spacial score (nSPS) is 24.8. The maximum atomic E-state index is 12.2. The molecule has 0 aromatic carbocycles. The highest BCUT2D eigenvalue weighted by Gasteiger charge is 2.38. The number of aromatic nitrogens is 2. The summed E-state index contributed by atoms with van der Waals surface area (Å²) in [6.45, 7) is 2.87. The molecule has 2 aromatic rings. The van der Waals surface area contributed by atoms with Gasteiger partial charge in [-0.25, -0.2) is 4.98 Å². The highest BCUT2D eigenvalue weighted by molar-refractivity contribution is 7.07. The molecule has 0 radical (unpaired) electrons. The van der Waals surface area contributed by atoms with Crippen LogP contribution in [0, 0.1) is 6.92 Å². The van der Waals surface area contributed by atoms with Gasteiger partial charge in [-0.3, -0.25) is 9.69 Å². The van der Waals surface area contributed by atoms with Crippen LogP contribution in [0.4, 0.5) is 0 Å². The first-order valence-corrected chi connectivity index (χ1v) is 8.50. The molecule has 1 N–H and O–H groups in total. The van der Waals surface area contributed by atoms with E-state index in [-0.39, 0.29) is 5.56 Å². The Labute approximate surface area is 127 Å². The Hall–Kier alpha value is -1.46. The number of hydrogen-bond donors (Lipinski definition) is 1. The van der Waals surface area contributed by atoms with Crippen molar-refractivity contribution >= 4 is 11.3 Å². The summed E-state index contributed by atoms with van der Waals surface area (Å²) in [6.07, 6.45) is 4.18. The third kappa shape index (κ3) is 2.34. The zero-order valence-electron chi connectivity index (χ0n) is 12.1. The molecule has 5 heteroatoms. The SMILES string of the molecule is Cc1nc2c(c(=O)[nH]1)C[C@@H]1CC[C@H](C2)N1Cc1ccsc1. The molecule has 4 rings (SSSR count). The van der Waals surface area contributed by atoms with Crippen LogP contribution in [0.3, 0.4) is 0 Å². The number of rotatable bonds is 2. The van der Waals surface area contributed by atoms with Gasteiger partial charge in [-0.05, 0) is 48.6 Å². The lowest BCUT2D eigenvalue weighted by molar-refractivity contribution is 0.188. The first-order chi connectivity index (χ1) is 10.2. The van der Waals surface area contributed by atoms with Crippen LogP contribution < -0.4 is 5.56 Å². The minimum Gasteiger partial charge on any atom is -0.311 e. The quantitative estimate of drug-likeness (QED) is 0.926. The minimum atomic E-state index is 0.0699. The lowest BCUT2D eigenvalue weighted by Gasteiger charge is -2.27. The average Bonchev–Trinajstić information content (AvgIpc) is 3.01. The van der Waals surface area contributed by atoms with Gasteiger partial charge in [0.05, 0.1) is 5.69 Å². The molecule has 0 unspecified atom stereocenters. The molecule has 0 saturated carbocycles. The molecule has 2 bridgehead atoms. The van der Waals surface area contributed by atoms with Gasteiger partial charge in [0.25, 0.3) is 5.56 Å². The smallest absolute Gasteiger partial charge is 0.254 e. The second-order valence-corrected chi connectivity index (χ2v) is 6.95. The van der Waals surface area contributed by atoms with Crippen molar-refractivity contribution in [1.29, 1.82) is 0 Å². The zero-order chi connectivity index (χ0) is 14.4. The molecule has 2 aliphatic heterocycles. The fourth-order valence-electron chi connectivity index (χ4n) is 3.81. The lowest BCUT2D eigenvalue weighted by Crippen LogP contribution is -2.36. The van der Waals surface area contributed by atoms with Crippen molar-refractivity contribution in [2.75, 3.05) is 0 Å². The van der Waals surface area contributed by atoms with Crippen molar-refractivity contribution in [3.05, 3.63) is 49.8 Å². The van der Waals surface area contributed by atoms with Gasteiger partial charge in [-0.2, -0.15) is 11.3 Å². The Morgan fingerprint density at radius 3 is 2.95 bits per heavy atom. The molecule has 4 nitrogen and oxygen atoms in total. The van der Waals surface area contributed by atoms with Gasteiger partial charge in [-0.1, -0.05) is 0 Å². The first kappa shape index (κ1) is 13.2. The van der Waals surface area contributed by atoms with Crippen molar-refractivity contribution in [3.8, 4) is 0 Å². The molecule has 2 atom stereocenters. The number of nitrogens with one attached hydrogen (secondary N) is 1. The zero-order valence-corrected chi connectivity index (χ0v) is 12.9. The molecule has 0 aliphatic carbocycles. The summed E-state index contributed by atoms with van der Waals surface area (Å²) in [5.74, 6) is 0.737. The summed E-state index contributed by atoms with van der Waals surface area (Å²) in [7, 11) is 0. The number of aromatic amines is 1. The van der Waals surface area contributed by atoms with Gasteiger partial charge < -0.3 is 4.98 Å². The van der Waals surface area contributed by atoms with E-state index in [1.165, 1.54) is 18.4 Å². The van der Waals surface area contributed by atoms with Crippen LogP contribution in [0.5, 0.6) is 0 Å². The summed E-state index contributed by atoms with van der Waals surface area (Å²) in [5.41, 5.74) is 3.41. The highest BCUT2D eigenvalue weighted by Crippen LogP contribution is 2.33. The van der Waals surface area contributed by atoms with Crippen LogP contribution in [-0.4, -0.2) is 27.0 Å². The summed E-state index contributed by atoms with van der Waals surface area (Å²) in [4.78, 5) is 22.3. The van der Waals surface area contributed by atoms with E-state index < -0.39 is 0 Å². The monoisotopic (exact) mass is 301 g/mol. The van der Waals surface area contributed by atoms with Crippen molar-refractivity contribution in [2.45, 2.75) is 51.2 Å². The second-order valence-electron chi connectivity index (χ2n) is 6.17. The van der Waals surface area contributed by atoms with Crippen LogP contribution in [0.1, 0.15) is 35.5 Å². The van der Waals surface area contributed by atoms with Crippen molar-refractivity contribution in [1.82, 2.24) is 14.9 Å². The topological polar surface area (TPSA) is 49.0 Å². The van der Waals surface area contributed by atoms with Gasteiger partial charge in [0, 0.05) is 30.6 Å². The van der Waals surface area contributed by atoms with E-state index in [1.54, 1.807) is 11.3 Å². The molecule has 0 spiro atoms. The van der Waals surface area contributed by atoms with Gasteiger partial charge >= 0.3 is 0 Å². The third-order valence-electron chi connectivity index (χ3n) is 4.80. The van der Waals surface area contributed by atoms with E-state index >= 15 is 0 Å². The summed E-state index contributed by atoms with van der Waals surface area (Å²) < 4.78 is 0. The molecular formula is C16H19N3OS. The van der Waals surface area contributed by atoms with Gasteiger partial charge in [0.2, 0.25) is 0 Å². The molecule has 110 valence electrons. The maximum Gasteiger partial charge on any atom is 0.254 e. The molecule has 21 heavy (non-hydrogen) atoms. The van der Waals surface area contributed by atoms with Gasteiger partial charge in [-0.15, -0.1) is 0 Å². The highest BCUT2D eigenvalue weighted by atomic mass is 32.1. The van der Waals surface area contributed by atoms with Crippen molar-refractivity contribution < 1.29 is 0 Å². The Morgan fingerprint density at radius 2 is 2.19 bits per heavy atom. The molecule has 0 amide bonds. The maximum absolute atomic E-state index is 12.2. The van der Waals surface area contributed by atoms with Gasteiger partial charge in [0.1, 0.15) is 5.82 Å². The summed E-state index contributed by atoms with van der Waals surface area (Å²) in [6, 6.07) is 3.23. The molecule has 4 heterocycles. The van der Waals surface area contributed by atoms with Crippen LogP contribution in [0.15, 0.2) is 21.6 Å². The Morgan fingerprint density at radius 1 is 1.38 bits per heavy atom. The molecule has 1 saturated heterocycles. The lowest BCUT2D eigenvalue weighted by atomic mass is 9.98. The Bertz CT molecular complexity index is 707. The van der Waals surface area contributed by atoms with E-state index in [9.17, 15) is 4.79 Å². The molecule has 1 fully saturated rings. The summed E-state index contributed by atoms with van der Waals surface area (Å²) in [5, 5.41) is 4.37. The minimum absolute atomic E-state index is 0.0699. The summed E-state index contributed by atoms with van der Waals surface area (Å²) >= 11 is 1.75. The largest absolute Gasteiger partial charge is 0.311 e. The van der Waals surface area contributed by atoms with E-state index in [0.29, 0.717) is 12.1 Å². The van der Waals surface area contributed by atoms with Crippen LogP contribution >= 0.6 is 11.3 Å². The number of aryl methyl sites for hydroxylation is 1. The fraction of sp³-hybridized carbons (Fsp3) is 0.500. The molecule has 2 aliphatic rings. The number of nitrogens with zero attached hydrogens (tertiary/aromatic N) is 2. The second kappa shape index (κ2) is 5.07. The predicted molar refractivity (Wildman–Crippen MR) is 83.7 cm³/mol. The van der Waals surface area contributed by atoms with E-state index in [1.807, 2.05) is 6.92 Å². The van der Waals surface area contributed by atoms with E-state index in [2.05, 4.69) is 31.7 Å². The van der Waals surface area contributed by atoms with Crippen molar-refractivity contribution in [2.24, 2.45) is 0 Å². The Kier molecular flexibility index (Phi) is 3.19. The number of fused-ring (bicyclic) bond motifs is 3. The van der Waals surface area contributed by atoms with Gasteiger partial charge in [0.15, 0.2) is 0 Å². The first-order valence-electron chi connectivity index (χ1n) is 7.56. The molecule has 2 aromatic heterocycles. The average molecular weight is 301 g/mol. The third-order valence-corrected chi connectivity index (χ3v) is 5.54. The molecular weight excluding hydrogens is 282 g/mol. The number of H-pyrrole nitrogens is 1. The van der Waals surface area contributed by atoms with Crippen LogP contribution in [0.2, 0.25) is 0 Å². The fourth-order valence-corrected chi connectivity index (χ4v) is 4.47. The van der Waals surface area contributed by atoms with E-state index in [4.69, 9.17) is 0 Å². The number of thiophene rings is 1. The van der Waals surface area contributed by atoms with Crippen molar-refractivity contribution in [3.63, 3.8) is 0 Å². The van der Waals surface area contributed by atoms with Crippen LogP contribution in [-0.2, 0) is 19.4 Å². The number of hydrogen-bond acceptors (Lipinski definition) is 4. The predicted octanol–water partition coefficient (Wildman–Crippen LogP) is 2.27. The standard InChI is InChI=1S/C16H19N3OS/c1-10-17-15-7-13-3-2-12(6-14(15)16(20)18-10)19(13)8-11-4-5-21-9-11/h4-5,9,12-13H,2-3,6-8H2,1H3,(H,17,18,20)/t12-,13+/m0/s1. The van der Waals surface area contributed by atoms with Crippen LogP contribution in [0.25, 0.3) is 0 Å².